The molecule has 2 aliphatic rings. The summed E-state index contributed by atoms with van der Waals surface area (Å²) in [6, 6.07) is 1.10. The van der Waals surface area contributed by atoms with Crippen LogP contribution >= 0.6 is 0 Å². The SMILES string of the molecule is CC1CC(N[C@@H]2CCCC[C@H]2O)C1. The van der Waals surface area contributed by atoms with Gasteiger partial charge in [0.2, 0.25) is 0 Å². The molecule has 2 heteroatoms. The molecule has 0 aliphatic heterocycles. The van der Waals surface area contributed by atoms with Gasteiger partial charge >= 0.3 is 0 Å². The molecule has 2 nitrogen and oxygen atoms in total. The molecule has 0 radical (unpaired) electrons. The van der Waals surface area contributed by atoms with Crippen LogP contribution in [0.15, 0.2) is 0 Å². The summed E-state index contributed by atoms with van der Waals surface area (Å²) in [5.74, 6) is 0.901. The molecule has 2 aliphatic carbocycles. The molecule has 0 heterocycles. The Morgan fingerprint density at radius 2 is 1.85 bits per heavy atom. The first-order chi connectivity index (χ1) is 6.25. The Kier molecular flexibility index (Phi) is 2.89. The van der Waals surface area contributed by atoms with Gasteiger partial charge in [-0.3, -0.25) is 0 Å². The Morgan fingerprint density at radius 3 is 2.46 bits per heavy atom. The van der Waals surface area contributed by atoms with Crippen molar-refractivity contribution in [2.24, 2.45) is 5.92 Å². The zero-order valence-electron chi connectivity index (χ0n) is 8.50. The fourth-order valence-electron chi connectivity index (χ4n) is 2.65. The van der Waals surface area contributed by atoms with Gasteiger partial charge in [0.25, 0.3) is 0 Å². The lowest BCUT2D eigenvalue weighted by molar-refractivity contribution is 0.0710. The van der Waals surface area contributed by atoms with Crippen molar-refractivity contribution >= 4 is 0 Å². The van der Waals surface area contributed by atoms with E-state index in [4.69, 9.17) is 0 Å². The maximum atomic E-state index is 9.74. The van der Waals surface area contributed by atoms with Crippen LogP contribution in [0.5, 0.6) is 0 Å². The Morgan fingerprint density at radius 1 is 1.15 bits per heavy atom. The quantitative estimate of drug-likeness (QED) is 0.682. The van der Waals surface area contributed by atoms with E-state index in [9.17, 15) is 5.11 Å². The van der Waals surface area contributed by atoms with Crippen molar-refractivity contribution in [2.75, 3.05) is 0 Å². The topological polar surface area (TPSA) is 32.3 Å². The second-order valence-corrected chi connectivity index (χ2v) is 4.90. The smallest absolute Gasteiger partial charge is 0.0693 e. The van der Waals surface area contributed by atoms with Gasteiger partial charge in [0.15, 0.2) is 0 Å². The van der Waals surface area contributed by atoms with Gasteiger partial charge in [0.1, 0.15) is 0 Å². The molecular formula is C11H21NO. The zero-order valence-corrected chi connectivity index (χ0v) is 8.50. The highest BCUT2D eigenvalue weighted by Crippen LogP contribution is 2.28. The van der Waals surface area contributed by atoms with E-state index in [1.807, 2.05) is 0 Å². The van der Waals surface area contributed by atoms with E-state index < -0.39 is 0 Å². The fraction of sp³-hybridized carbons (Fsp3) is 1.00. The Hall–Kier alpha value is -0.0800. The van der Waals surface area contributed by atoms with Crippen molar-refractivity contribution in [1.29, 1.82) is 0 Å². The van der Waals surface area contributed by atoms with Crippen molar-refractivity contribution in [3.63, 3.8) is 0 Å². The standard InChI is InChI=1S/C11H21NO/c1-8-6-9(7-8)12-10-4-2-3-5-11(10)13/h8-13H,2-7H2,1H3/t8?,9?,10-,11-/m1/s1. The molecule has 2 rings (SSSR count). The molecule has 76 valence electrons. The van der Waals surface area contributed by atoms with Crippen molar-refractivity contribution in [2.45, 2.75) is 63.6 Å². The molecule has 0 aromatic rings. The predicted octanol–water partition coefficient (Wildman–Crippen LogP) is 1.68. The highest BCUT2D eigenvalue weighted by atomic mass is 16.3. The lowest BCUT2D eigenvalue weighted by Crippen LogP contribution is -2.51. The highest BCUT2D eigenvalue weighted by molar-refractivity contribution is 4.89. The summed E-state index contributed by atoms with van der Waals surface area (Å²) in [6.45, 7) is 2.30. The third-order valence-corrected chi connectivity index (χ3v) is 3.55. The van der Waals surface area contributed by atoms with Gasteiger partial charge in [-0.15, -0.1) is 0 Å². The molecular weight excluding hydrogens is 162 g/mol. The number of nitrogens with one attached hydrogen (secondary N) is 1. The van der Waals surface area contributed by atoms with Crippen LogP contribution in [0, 0.1) is 5.92 Å². The minimum Gasteiger partial charge on any atom is -0.392 e. The molecule has 0 aromatic carbocycles. The van der Waals surface area contributed by atoms with Crippen molar-refractivity contribution in [1.82, 2.24) is 5.32 Å². The van der Waals surface area contributed by atoms with Crippen LogP contribution in [0.2, 0.25) is 0 Å². The number of aliphatic hydroxyl groups excluding tert-OH is 1. The Labute approximate surface area is 80.7 Å². The van der Waals surface area contributed by atoms with Crippen LogP contribution in [0.4, 0.5) is 0 Å². The van der Waals surface area contributed by atoms with E-state index in [-0.39, 0.29) is 6.10 Å². The summed E-state index contributed by atoms with van der Waals surface area (Å²) in [7, 11) is 0. The number of hydrogen-bond acceptors (Lipinski definition) is 2. The van der Waals surface area contributed by atoms with Gasteiger partial charge in [0, 0.05) is 12.1 Å². The van der Waals surface area contributed by atoms with Crippen LogP contribution in [0.3, 0.4) is 0 Å². The van der Waals surface area contributed by atoms with E-state index in [0.717, 1.165) is 12.3 Å². The van der Waals surface area contributed by atoms with Crippen LogP contribution in [0.25, 0.3) is 0 Å². The second kappa shape index (κ2) is 3.97. The number of rotatable bonds is 2. The van der Waals surface area contributed by atoms with Gasteiger partial charge < -0.3 is 10.4 Å². The lowest BCUT2D eigenvalue weighted by atomic mass is 9.80. The molecule has 0 saturated heterocycles. The summed E-state index contributed by atoms with van der Waals surface area (Å²) in [5, 5.41) is 13.3. The molecule has 2 fully saturated rings. The molecule has 2 atom stereocenters. The second-order valence-electron chi connectivity index (χ2n) is 4.90. The minimum absolute atomic E-state index is 0.0790. The van der Waals surface area contributed by atoms with Crippen molar-refractivity contribution < 1.29 is 5.11 Å². The van der Waals surface area contributed by atoms with Gasteiger partial charge in [-0.05, 0) is 31.6 Å². The molecule has 0 amide bonds. The first kappa shape index (κ1) is 9.47. The van der Waals surface area contributed by atoms with Crippen molar-refractivity contribution in [3.8, 4) is 0 Å². The van der Waals surface area contributed by atoms with Crippen LogP contribution < -0.4 is 5.32 Å². The van der Waals surface area contributed by atoms with Gasteiger partial charge in [-0.2, -0.15) is 0 Å². The average Bonchev–Trinajstić information content (AvgIpc) is 2.06. The summed E-state index contributed by atoms with van der Waals surface area (Å²) >= 11 is 0. The predicted molar refractivity (Wildman–Crippen MR) is 53.6 cm³/mol. The van der Waals surface area contributed by atoms with Crippen LogP contribution in [0.1, 0.15) is 45.4 Å². The normalized spacial score (nSPS) is 45.7. The monoisotopic (exact) mass is 183 g/mol. The van der Waals surface area contributed by atoms with E-state index in [1.165, 1.54) is 32.1 Å². The lowest BCUT2D eigenvalue weighted by Gasteiger charge is -2.39. The first-order valence-electron chi connectivity index (χ1n) is 5.70. The van der Waals surface area contributed by atoms with Gasteiger partial charge in [0.05, 0.1) is 6.10 Å². The highest BCUT2D eigenvalue weighted by Gasteiger charge is 2.30. The summed E-state index contributed by atoms with van der Waals surface area (Å²) in [4.78, 5) is 0. The van der Waals surface area contributed by atoms with E-state index in [1.54, 1.807) is 0 Å². The first-order valence-corrected chi connectivity index (χ1v) is 5.70. The van der Waals surface area contributed by atoms with Gasteiger partial charge in [-0.25, -0.2) is 0 Å². The number of aliphatic hydroxyl groups is 1. The van der Waals surface area contributed by atoms with Crippen LogP contribution in [-0.2, 0) is 0 Å². The average molecular weight is 183 g/mol. The van der Waals surface area contributed by atoms with Gasteiger partial charge in [-0.1, -0.05) is 19.8 Å². The maximum absolute atomic E-state index is 9.74. The fourth-order valence-corrected chi connectivity index (χ4v) is 2.65. The number of hydrogen-bond donors (Lipinski definition) is 2. The molecule has 0 bridgehead atoms. The zero-order chi connectivity index (χ0) is 9.26. The Bertz CT molecular complexity index is 165. The summed E-state index contributed by atoms with van der Waals surface area (Å²) in [5.41, 5.74) is 0. The molecule has 2 saturated carbocycles. The van der Waals surface area contributed by atoms with E-state index in [2.05, 4.69) is 12.2 Å². The third-order valence-electron chi connectivity index (χ3n) is 3.55. The minimum atomic E-state index is -0.0790. The molecule has 0 aromatic heterocycles. The largest absolute Gasteiger partial charge is 0.392 e. The third kappa shape index (κ3) is 2.23. The summed E-state index contributed by atoms with van der Waals surface area (Å²) < 4.78 is 0. The maximum Gasteiger partial charge on any atom is 0.0693 e. The van der Waals surface area contributed by atoms with Crippen molar-refractivity contribution in [3.05, 3.63) is 0 Å². The van der Waals surface area contributed by atoms with E-state index >= 15 is 0 Å². The van der Waals surface area contributed by atoms with E-state index in [0.29, 0.717) is 12.1 Å². The van der Waals surface area contributed by atoms with Crippen LogP contribution in [-0.4, -0.2) is 23.3 Å². The molecule has 13 heavy (non-hydrogen) atoms. The summed E-state index contributed by atoms with van der Waals surface area (Å²) in [6.07, 6.45) is 7.21. The molecule has 0 spiro atoms. The Balaban J connectivity index is 1.73. The molecule has 0 unspecified atom stereocenters. The molecule has 2 N–H and O–H groups in total.